The minimum atomic E-state index is -0.608. The van der Waals surface area contributed by atoms with Gasteiger partial charge in [0.15, 0.2) is 6.29 Å². The van der Waals surface area contributed by atoms with E-state index in [2.05, 4.69) is 10.6 Å². The molecule has 0 saturated carbocycles. The normalized spacial score (nSPS) is 11.0. The molecule has 0 atom stereocenters. The van der Waals surface area contributed by atoms with Crippen LogP contribution in [0.3, 0.4) is 0 Å². The predicted octanol–water partition coefficient (Wildman–Crippen LogP) is 4.91. The summed E-state index contributed by atoms with van der Waals surface area (Å²) in [6.07, 6.45) is -0.0527. The van der Waals surface area contributed by atoms with Crippen molar-refractivity contribution in [1.82, 2.24) is 0 Å². The Morgan fingerprint density at radius 3 is 2.42 bits per heavy atom. The molecule has 0 radical (unpaired) electrons. The van der Waals surface area contributed by atoms with E-state index in [1.807, 2.05) is 0 Å². The average molecular weight is 358 g/mol. The highest BCUT2D eigenvalue weighted by atomic mass is 19.1. The topological polar surface area (TPSA) is 67.4 Å². The van der Waals surface area contributed by atoms with Crippen molar-refractivity contribution < 1.29 is 18.7 Å². The summed E-state index contributed by atoms with van der Waals surface area (Å²) in [5.74, 6) is -0.537. The molecule has 2 aromatic carbocycles. The molecule has 2 aromatic rings. The van der Waals surface area contributed by atoms with Crippen LogP contribution in [0.2, 0.25) is 0 Å². The SMILES string of the molecule is Cc1ccc(CNc2ccccc2NC(=O)OC(C)(C)C)c(F)c1C=O. The van der Waals surface area contributed by atoms with E-state index in [4.69, 9.17) is 4.74 Å². The summed E-state index contributed by atoms with van der Waals surface area (Å²) in [6, 6.07) is 10.4. The number of hydrogen-bond donors (Lipinski definition) is 2. The van der Waals surface area contributed by atoms with Crippen molar-refractivity contribution in [2.75, 3.05) is 10.6 Å². The molecule has 26 heavy (non-hydrogen) atoms. The third-order valence-corrected chi connectivity index (χ3v) is 3.63. The van der Waals surface area contributed by atoms with E-state index in [1.165, 1.54) is 0 Å². The number of carbonyl (C=O) groups is 2. The second-order valence-electron chi connectivity index (χ2n) is 6.91. The summed E-state index contributed by atoms with van der Waals surface area (Å²) in [6.45, 7) is 7.19. The quantitative estimate of drug-likeness (QED) is 0.746. The maximum atomic E-state index is 14.4. The van der Waals surface area contributed by atoms with Gasteiger partial charge in [-0.2, -0.15) is 0 Å². The van der Waals surface area contributed by atoms with Gasteiger partial charge in [0.05, 0.1) is 16.9 Å². The molecule has 2 rings (SSSR count). The van der Waals surface area contributed by atoms with Crippen molar-refractivity contribution in [3.8, 4) is 0 Å². The third kappa shape index (κ3) is 5.05. The van der Waals surface area contributed by atoms with Crippen LogP contribution in [-0.2, 0) is 11.3 Å². The molecule has 0 bridgehead atoms. The molecule has 2 N–H and O–H groups in total. The molecule has 0 aliphatic heterocycles. The summed E-state index contributed by atoms with van der Waals surface area (Å²) in [5.41, 5.74) is 1.54. The first-order valence-corrected chi connectivity index (χ1v) is 8.27. The van der Waals surface area contributed by atoms with E-state index in [-0.39, 0.29) is 12.1 Å². The van der Waals surface area contributed by atoms with Crippen LogP contribution in [0.25, 0.3) is 0 Å². The van der Waals surface area contributed by atoms with Crippen LogP contribution in [0, 0.1) is 12.7 Å². The highest BCUT2D eigenvalue weighted by molar-refractivity contribution is 5.89. The molecule has 6 heteroatoms. The van der Waals surface area contributed by atoms with Crippen LogP contribution < -0.4 is 10.6 Å². The van der Waals surface area contributed by atoms with Gasteiger partial charge in [0, 0.05) is 12.1 Å². The molecule has 138 valence electrons. The number of ether oxygens (including phenoxy) is 1. The van der Waals surface area contributed by atoms with Crippen molar-refractivity contribution in [1.29, 1.82) is 0 Å². The van der Waals surface area contributed by atoms with Crippen molar-refractivity contribution >= 4 is 23.8 Å². The van der Waals surface area contributed by atoms with Gasteiger partial charge in [-0.25, -0.2) is 9.18 Å². The Morgan fingerprint density at radius 2 is 1.81 bits per heavy atom. The van der Waals surface area contributed by atoms with Gasteiger partial charge in [0.1, 0.15) is 11.4 Å². The first kappa shape index (κ1) is 19.4. The van der Waals surface area contributed by atoms with E-state index >= 15 is 0 Å². The number of benzene rings is 2. The van der Waals surface area contributed by atoms with Crippen LogP contribution >= 0.6 is 0 Å². The van der Waals surface area contributed by atoms with Crippen LogP contribution in [0.1, 0.15) is 42.3 Å². The van der Waals surface area contributed by atoms with Gasteiger partial charge in [-0.3, -0.25) is 10.1 Å². The fourth-order valence-electron chi connectivity index (χ4n) is 2.37. The second-order valence-corrected chi connectivity index (χ2v) is 6.91. The molecule has 0 aliphatic rings. The fraction of sp³-hybridized carbons (Fsp3) is 0.300. The average Bonchev–Trinajstić information content (AvgIpc) is 2.54. The first-order chi connectivity index (χ1) is 12.2. The number of hydrogen-bond acceptors (Lipinski definition) is 4. The highest BCUT2D eigenvalue weighted by Gasteiger charge is 2.17. The van der Waals surface area contributed by atoms with Gasteiger partial charge in [-0.05, 0) is 45.4 Å². The number of aldehydes is 1. The number of halogens is 1. The lowest BCUT2D eigenvalue weighted by molar-refractivity contribution is 0.0636. The second kappa shape index (κ2) is 7.99. The predicted molar refractivity (Wildman–Crippen MR) is 100 cm³/mol. The standard InChI is InChI=1S/C20H23FN2O3/c1-13-9-10-14(18(21)15(13)12-24)11-22-16-7-5-6-8-17(16)23-19(25)26-20(2,3)4/h5-10,12,22H,11H2,1-4H3,(H,23,25). The van der Waals surface area contributed by atoms with E-state index in [0.717, 1.165) is 0 Å². The van der Waals surface area contributed by atoms with Crippen molar-refractivity contribution in [3.05, 3.63) is 58.9 Å². The Labute approximate surface area is 152 Å². The summed E-state index contributed by atoms with van der Waals surface area (Å²) in [5, 5.41) is 5.76. The molecule has 0 aliphatic carbocycles. The van der Waals surface area contributed by atoms with E-state index in [1.54, 1.807) is 64.1 Å². The van der Waals surface area contributed by atoms with Crippen molar-refractivity contribution in [2.24, 2.45) is 0 Å². The molecular formula is C20H23FN2O3. The Bertz CT molecular complexity index is 813. The van der Waals surface area contributed by atoms with Gasteiger partial charge in [0.25, 0.3) is 0 Å². The van der Waals surface area contributed by atoms with Gasteiger partial charge < -0.3 is 10.1 Å². The number of carbonyl (C=O) groups excluding carboxylic acids is 2. The van der Waals surface area contributed by atoms with Crippen LogP contribution in [0.4, 0.5) is 20.6 Å². The Balaban J connectivity index is 2.14. The number of nitrogens with one attached hydrogen (secondary N) is 2. The summed E-state index contributed by atoms with van der Waals surface area (Å²) < 4.78 is 19.6. The lowest BCUT2D eigenvalue weighted by Gasteiger charge is -2.20. The minimum absolute atomic E-state index is 0.0597. The number of amides is 1. The molecule has 0 unspecified atom stereocenters. The molecule has 1 amide bonds. The summed E-state index contributed by atoms with van der Waals surface area (Å²) >= 11 is 0. The largest absolute Gasteiger partial charge is 0.444 e. The summed E-state index contributed by atoms with van der Waals surface area (Å²) in [4.78, 5) is 23.0. The van der Waals surface area contributed by atoms with E-state index in [0.29, 0.717) is 28.8 Å². The van der Waals surface area contributed by atoms with E-state index in [9.17, 15) is 14.0 Å². The Kier molecular flexibility index (Phi) is 5.97. The smallest absolute Gasteiger partial charge is 0.412 e. The lowest BCUT2D eigenvalue weighted by Crippen LogP contribution is -2.27. The molecule has 0 spiro atoms. The molecule has 0 saturated heterocycles. The third-order valence-electron chi connectivity index (χ3n) is 3.63. The number of anilines is 2. The molecule has 5 nitrogen and oxygen atoms in total. The van der Waals surface area contributed by atoms with Crippen LogP contribution in [-0.4, -0.2) is 18.0 Å². The zero-order valence-corrected chi connectivity index (χ0v) is 15.4. The van der Waals surface area contributed by atoms with Gasteiger partial charge in [-0.15, -0.1) is 0 Å². The maximum absolute atomic E-state index is 14.4. The fourth-order valence-corrected chi connectivity index (χ4v) is 2.37. The van der Waals surface area contributed by atoms with Gasteiger partial charge >= 0.3 is 6.09 Å². The van der Waals surface area contributed by atoms with Crippen molar-refractivity contribution in [2.45, 2.75) is 39.8 Å². The minimum Gasteiger partial charge on any atom is -0.444 e. The summed E-state index contributed by atoms with van der Waals surface area (Å²) in [7, 11) is 0. The van der Waals surface area contributed by atoms with Crippen LogP contribution in [0.15, 0.2) is 36.4 Å². The van der Waals surface area contributed by atoms with Gasteiger partial charge in [0.2, 0.25) is 0 Å². The highest BCUT2D eigenvalue weighted by Crippen LogP contribution is 2.24. The Hall–Kier alpha value is -2.89. The molecule has 0 heterocycles. The monoisotopic (exact) mass is 358 g/mol. The molecule has 0 fully saturated rings. The Morgan fingerprint density at radius 1 is 1.15 bits per heavy atom. The maximum Gasteiger partial charge on any atom is 0.412 e. The zero-order chi connectivity index (χ0) is 19.3. The lowest BCUT2D eigenvalue weighted by atomic mass is 10.0. The molecular weight excluding hydrogens is 335 g/mol. The molecule has 0 aromatic heterocycles. The number of aryl methyl sites for hydroxylation is 1. The van der Waals surface area contributed by atoms with Crippen molar-refractivity contribution in [3.63, 3.8) is 0 Å². The number of para-hydroxylation sites is 2. The number of rotatable bonds is 5. The van der Waals surface area contributed by atoms with Gasteiger partial charge in [-0.1, -0.05) is 24.3 Å². The van der Waals surface area contributed by atoms with Crippen LogP contribution in [0.5, 0.6) is 0 Å². The zero-order valence-electron chi connectivity index (χ0n) is 15.4. The first-order valence-electron chi connectivity index (χ1n) is 8.27. The van der Waals surface area contributed by atoms with E-state index < -0.39 is 17.5 Å².